The van der Waals surface area contributed by atoms with Crippen molar-refractivity contribution >= 4 is 29.9 Å². The molecule has 3 aromatic rings. The van der Waals surface area contributed by atoms with Gasteiger partial charge in [-0.05, 0) is 24.1 Å². The number of nitrogens with zero attached hydrogens (tertiary/aromatic N) is 3. The molecule has 0 aliphatic heterocycles. The summed E-state index contributed by atoms with van der Waals surface area (Å²) in [6.07, 6.45) is 4.70. The molecule has 3 N–H and O–H groups in total. The normalized spacial score (nSPS) is 11.0. The molecular formula is C19H22IN5. The van der Waals surface area contributed by atoms with Crippen molar-refractivity contribution in [1.82, 2.24) is 15.1 Å². The molecule has 1 aromatic heterocycles. The molecular weight excluding hydrogens is 425 g/mol. The van der Waals surface area contributed by atoms with E-state index < -0.39 is 0 Å². The third-order valence-corrected chi connectivity index (χ3v) is 3.65. The van der Waals surface area contributed by atoms with Crippen LogP contribution in [0.15, 0.2) is 78.0 Å². The standard InChI is InChI=1S/C19H21N5.HI/c20-19(21-12-11-16-7-3-1-4-8-16)22-13-17-14-23-24(15-17)18-9-5-2-6-10-18;/h1-10,14-15H,11-13H2,(H3,20,21,22);1H. The van der Waals surface area contributed by atoms with Crippen molar-refractivity contribution < 1.29 is 0 Å². The number of para-hydroxylation sites is 1. The molecule has 0 bridgehead atoms. The van der Waals surface area contributed by atoms with Gasteiger partial charge in [-0.15, -0.1) is 24.0 Å². The Bertz CT molecular complexity index is 784. The second-order valence-electron chi connectivity index (χ2n) is 5.49. The molecule has 0 aliphatic carbocycles. The number of hydrogen-bond acceptors (Lipinski definition) is 2. The van der Waals surface area contributed by atoms with Crippen LogP contribution in [0.4, 0.5) is 0 Å². The zero-order valence-corrected chi connectivity index (χ0v) is 16.2. The number of hydrogen-bond donors (Lipinski definition) is 2. The molecule has 0 spiro atoms. The van der Waals surface area contributed by atoms with Crippen LogP contribution in [-0.2, 0) is 13.0 Å². The van der Waals surface area contributed by atoms with Gasteiger partial charge in [0.05, 0.1) is 18.4 Å². The molecule has 5 nitrogen and oxygen atoms in total. The number of aromatic nitrogens is 2. The summed E-state index contributed by atoms with van der Waals surface area (Å²) in [4.78, 5) is 4.36. The van der Waals surface area contributed by atoms with Gasteiger partial charge in [0.15, 0.2) is 5.96 Å². The van der Waals surface area contributed by atoms with E-state index in [4.69, 9.17) is 5.73 Å². The van der Waals surface area contributed by atoms with Gasteiger partial charge in [0, 0.05) is 18.3 Å². The molecule has 0 unspecified atom stereocenters. The lowest BCUT2D eigenvalue weighted by molar-refractivity contribution is 0.847. The average Bonchev–Trinajstić information content (AvgIpc) is 3.11. The van der Waals surface area contributed by atoms with E-state index in [2.05, 4.69) is 27.5 Å². The van der Waals surface area contributed by atoms with Crippen LogP contribution in [0.5, 0.6) is 0 Å². The fourth-order valence-electron chi connectivity index (χ4n) is 2.38. The van der Waals surface area contributed by atoms with Crippen LogP contribution in [0.25, 0.3) is 5.69 Å². The van der Waals surface area contributed by atoms with E-state index in [9.17, 15) is 0 Å². The fraction of sp³-hybridized carbons (Fsp3) is 0.158. The van der Waals surface area contributed by atoms with Gasteiger partial charge in [0.2, 0.25) is 0 Å². The highest BCUT2D eigenvalue weighted by atomic mass is 127. The highest BCUT2D eigenvalue weighted by Crippen LogP contribution is 2.08. The van der Waals surface area contributed by atoms with Crippen molar-refractivity contribution in [3.8, 4) is 5.69 Å². The molecule has 25 heavy (non-hydrogen) atoms. The molecule has 2 aromatic carbocycles. The minimum Gasteiger partial charge on any atom is -0.370 e. The van der Waals surface area contributed by atoms with Crippen molar-refractivity contribution in [3.05, 3.63) is 84.2 Å². The van der Waals surface area contributed by atoms with E-state index >= 15 is 0 Å². The summed E-state index contributed by atoms with van der Waals surface area (Å²) in [6.45, 7) is 1.28. The average molecular weight is 447 g/mol. The maximum Gasteiger partial charge on any atom is 0.188 e. The summed E-state index contributed by atoms with van der Waals surface area (Å²) in [5, 5.41) is 7.49. The van der Waals surface area contributed by atoms with Crippen LogP contribution in [0.3, 0.4) is 0 Å². The zero-order valence-electron chi connectivity index (χ0n) is 13.9. The Labute approximate surface area is 165 Å². The lowest BCUT2D eigenvalue weighted by Crippen LogP contribution is -2.33. The zero-order chi connectivity index (χ0) is 16.6. The molecule has 0 fully saturated rings. The lowest BCUT2D eigenvalue weighted by Gasteiger charge is -2.05. The number of rotatable bonds is 6. The molecule has 6 heteroatoms. The van der Waals surface area contributed by atoms with Crippen LogP contribution in [0, 0.1) is 0 Å². The molecule has 0 amide bonds. The number of benzene rings is 2. The third kappa shape index (κ3) is 5.90. The van der Waals surface area contributed by atoms with Gasteiger partial charge in [0.25, 0.3) is 0 Å². The van der Waals surface area contributed by atoms with Gasteiger partial charge < -0.3 is 11.1 Å². The van der Waals surface area contributed by atoms with Crippen molar-refractivity contribution in [1.29, 1.82) is 0 Å². The Hall–Kier alpha value is -2.35. The maximum absolute atomic E-state index is 5.92. The van der Waals surface area contributed by atoms with E-state index in [0.717, 1.165) is 24.2 Å². The predicted molar refractivity (Wildman–Crippen MR) is 112 cm³/mol. The molecule has 0 saturated carbocycles. The van der Waals surface area contributed by atoms with Crippen LogP contribution in [0.2, 0.25) is 0 Å². The third-order valence-electron chi connectivity index (χ3n) is 3.65. The Morgan fingerprint density at radius 2 is 1.68 bits per heavy atom. The molecule has 3 rings (SSSR count). The topological polar surface area (TPSA) is 68.2 Å². The molecule has 0 aliphatic rings. The Balaban J connectivity index is 0.00000225. The van der Waals surface area contributed by atoms with E-state index in [1.165, 1.54) is 5.56 Å². The number of guanidine groups is 1. The summed E-state index contributed by atoms with van der Waals surface area (Å²) in [6, 6.07) is 20.3. The number of nitrogens with one attached hydrogen (secondary N) is 1. The van der Waals surface area contributed by atoms with Crippen molar-refractivity contribution in [2.45, 2.75) is 13.0 Å². The summed E-state index contributed by atoms with van der Waals surface area (Å²) >= 11 is 0. The van der Waals surface area contributed by atoms with Gasteiger partial charge in [-0.3, -0.25) is 0 Å². The van der Waals surface area contributed by atoms with E-state index in [1.54, 1.807) is 0 Å². The first-order valence-corrected chi connectivity index (χ1v) is 7.98. The van der Waals surface area contributed by atoms with Crippen LogP contribution >= 0.6 is 24.0 Å². The minimum atomic E-state index is 0. The first kappa shape index (κ1) is 19.0. The lowest BCUT2D eigenvalue weighted by atomic mass is 10.1. The van der Waals surface area contributed by atoms with Crippen molar-refractivity contribution in [2.24, 2.45) is 10.7 Å². The predicted octanol–water partition coefficient (Wildman–Crippen LogP) is 3.14. The van der Waals surface area contributed by atoms with Crippen LogP contribution < -0.4 is 11.1 Å². The van der Waals surface area contributed by atoms with Gasteiger partial charge in [-0.1, -0.05) is 48.5 Å². The first-order valence-electron chi connectivity index (χ1n) is 7.98. The van der Waals surface area contributed by atoms with Crippen LogP contribution in [0.1, 0.15) is 11.1 Å². The first-order chi connectivity index (χ1) is 11.8. The van der Waals surface area contributed by atoms with Crippen molar-refractivity contribution in [2.75, 3.05) is 6.54 Å². The smallest absolute Gasteiger partial charge is 0.188 e. The molecule has 0 radical (unpaired) electrons. The second-order valence-corrected chi connectivity index (χ2v) is 5.49. The van der Waals surface area contributed by atoms with Gasteiger partial charge in [-0.25, -0.2) is 9.67 Å². The van der Waals surface area contributed by atoms with Gasteiger partial charge in [0.1, 0.15) is 0 Å². The Morgan fingerprint density at radius 3 is 2.40 bits per heavy atom. The van der Waals surface area contributed by atoms with E-state index in [-0.39, 0.29) is 24.0 Å². The molecule has 0 saturated heterocycles. The molecule has 130 valence electrons. The summed E-state index contributed by atoms with van der Waals surface area (Å²) in [5.74, 6) is 0.457. The van der Waals surface area contributed by atoms with Gasteiger partial charge >= 0.3 is 0 Å². The summed E-state index contributed by atoms with van der Waals surface area (Å²) < 4.78 is 1.84. The number of halogens is 1. The van der Waals surface area contributed by atoms with Crippen molar-refractivity contribution in [3.63, 3.8) is 0 Å². The highest BCUT2D eigenvalue weighted by molar-refractivity contribution is 14.0. The fourth-order valence-corrected chi connectivity index (χ4v) is 2.38. The minimum absolute atomic E-state index is 0. The molecule has 0 atom stereocenters. The summed E-state index contributed by atoms with van der Waals surface area (Å²) in [5.41, 5.74) is 9.24. The maximum atomic E-state index is 5.92. The Kier molecular flexibility index (Phi) is 7.46. The highest BCUT2D eigenvalue weighted by Gasteiger charge is 2.00. The van der Waals surface area contributed by atoms with E-state index in [0.29, 0.717) is 12.5 Å². The number of nitrogens with two attached hydrogens (primary N) is 1. The van der Waals surface area contributed by atoms with Crippen LogP contribution in [-0.4, -0.2) is 22.3 Å². The largest absolute Gasteiger partial charge is 0.370 e. The molecule has 1 heterocycles. The SMILES string of the molecule is I.NC(=NCc1cnn(-c2ccccc2)c1)NCCc1ccccc1. The van der Waals surface area contributed by atoms with E-state index in [1.807, 2.05) is 65.6 Å². The summed E-state index contributed by atoms with van der Waals surface area (Å²) in [7, 11) is 0. The monoisotopic (exact) mass is 447 g/mol. The van der Waals surface area contributed by atoms with Gasteiger partial charge in [-0.2, -0.15) is 5.10 Å². The second kappa shape index (κ2) is 9.83. The number of aliphatic imine (C=N–C) groups is 1. The Morgan fingerprint density at radius 1 is 1.00 bits per heavy atom. The quantitative estimate of drug-likeness (QED) is 0.347.